The van der Waals surface area contributed by atoms with Gasteiger partial charge in [0.1, 0.15) is 0 Å². The van der Waals surface area contributed by atoms with Gasteiger partial charge in [-0.15, -0.1) is 11.3 Å². The second-order valence-corrected chi connectivity index (χ2v) is 8.92. The average Bonchev–Trinajstić information content (AvgIpc) is 3.53. The Morgan fingerprint density at radius 1 is 1.18 bits per heavy atom. The Kier molecular flexibility index (Phi) is 6.27. The molecular formula is C23H25N7O2S. The van der Waals surface area contributed by atoms with Crippen LogP contribution in [0.4, 0.5) is 5.95 Å². The Morgan fingerprint density at radius 2 is 2.00 bits per heavy atom. The van der Waals surface area contributed by atoms with Crippen molar-refractivity contribution in [1.82, 2.24) is 30.3 Å². The van der Waals surface area contributed by atoms with Gasteiger partial charge in [0.25, 0.3) is 11.6 Å². The van der Waals surface area contributed by atoms with Crippen molar-refractivity contribution in [3.8, 4) is 10.6 Å². The Labute approximate surface area is 195 Å². The monoisotopic (exact) mass is 463 g/mol. The summed E-state index contributed by atoms with van der Waals surface area (Å²) in [4.78, 5) is 31.9. The molecule has 0 aromatic carbocycles. The molecule has 10 heteroatoms. The van der Waals surface area contributed by atoms with Crippen LogP contribution in [0.3, 0.4) is 0 Å². The summed E-state index contributed by atoms with van der Waals surface area (Å²) < 4.78 is 5.37. The van der Waals surface area contributed by atoms with Crippen molar-refractivity contribution < 1.29 is 9.32 Å². The third-order valence-electron chi connectivity index (χ3n) is 5.78. The molecule has 0 spiro atoms. The average molecular weight is 464 g/mol. The molecule has 9 nitrogen and oxygen atoms in total. The van der Waals surface area contributed by atoms with Gasteiger partial charge >= 0.3 is 0 Å². The van der Waals surface area contributed by atoms with E-state index in [4.69, 9.17) is 4.52 Å². The number of aryl methyl sites for hydroxylation is 1. The third kappa shape index (κ3) is 4.71. The highest BCUT2D eigenvalue weighted by molar-refractivity contribution is 7.13. The number of thiophene rings is 1. The first-order chi connectivity index (χ1) is 16.2. The first kappa shape index (κ1) is 21.5. The molecule has 1 fully saturated rings. The number of rotatable bonds is 7. The molecule has 0 aliphatic carbocycles. The number of fused-ring (bicyclic) bond motifs is 1. The van der Waals surface area contributed by atoms with E-state index in [1.54, 1.807) is 23.7 Å². The minimum Gasteiger partial charge on any atom is -0.352 e. The first-order valence-corrected chi connectivity index (χ1v) is 11.9. The van der Waals surface area contributed by atoms with Gasteiger partial charge in [-0.25, -0.2) is 15.0 Å². The van der Waals surface area contributed by atoms with Crippen molar-refractivity contribution in [2.75, 3.05) is 44.2 Å². The van der Waals surface area contributed by atoms with E-state index in [1.807, 2.05) is 36.6 Å². The van der Waals surface area contributed by atoms with Crippen molar-refractivity contribution >= 4 is 34.3 Å². The number of nitrogens with zero attached hydrogens (tertiary/aromatic N) is 6. The summed E-state index contributed by atoms with van der Waals surface area (Å²) in [6, 6.07) is 7.61. The molecular weight excluding hydrogens is 438 g/mol. The van der Waals surface area contributed by atoms with Gasteiger partial charge in [-0.2, -0.15) is 0 Å². The molecule has 0 bridgehead atoms. The van der Waals surface area contributed by atoms with Crippen LogP contribution in [-0.4, -0.2) is 70.2 Å². The number of nitrogens with one attached hydrogen (secondary N) is 1. The second-order valence-electron chi connectivity index (χ2n) is 7.97. The number of carbonyl (C=O) groups excluding carboxylic acids is 1. The van der Waals surface area contributed by atoms with Crippen molar-refractivity contribution in [3.63, 3.8) is 0 Å². The van der Waals surface area contributed by atoms with Crippen LogP contribution in [0.15, 0.2) is 46.6 Å². The van der Waals surface area contributed by atoms with Crippen molar-refractivity contribution in [2.24, 2.45) is 0 Å². The topological polar surface area (TPSA) is 100 Å². The fourth-order valence-corrected chi connectivity index (χ4v) is 4.74. The van der Waals surface area contributed by atoms with E-state index in [-0.39, 0.29) is 5.91 Å². The number of anilines is 1. The molecule has 0 atom stereocenters. The lowest BCUT2D eigenvalue weighted by atomic mass is 10.1. The van der Waals surface area contributed by atoms with Gasteiger partial charge in [0.2, 0.25) is 5.95 Å². The van der Waals surface area contributed by atoms with Crippen LogP contribution in [0.2, 0.25) is 0 Å². The molecule has 0 saturated carbocycles. The van der Waals surface area contributed by atoms with Crippen LogP contribution in [0.25, 0.3) is 21.7 Å². The van der Waals surface area contributed by atoms with E-state index < -0.39 is 0 Å². The van der Waals surface area contributed by atoms with Gasteiger partial charge in [-0.05, 0) is 43.5 Å². The smallest absolute Gasteiger partial charge is 0.259 e. The SMILES string of the molecule is Cc1noc2nc(-c3cccs3)cc(C(=O)NCCCN3CCN(c4ncccn4)CC3)c12. The van der Waals surface area contributed by atoms with Gasteiger partial charge in [0.15, 0.2) is 0 Å². The Bertz CT molecular complexity index is 1220. The van der Waals surface area contributed by atoms with Crippen LogP contribution in [0.1, 0.15) is 22.5 Å². The predicted molar refractivity (Wildman–Crippen MR) is 127 cm³/mol. The summed E-state index contributed by atoms with van der Waals surface area (Å²) in [5.74, 6) is 0.663. The number of piperazine rings is 1. The summed E-state index contributed by atoms with van der Waals surface area (Å²) in [5, 5.41) is 9.74. The van der Waals surface area contributed by atoms with Crippen molar-refractivity contribution in [2.45, 2.75) is 13.3 Å². The highest BCUT2D eigenvalue weighted by Gasteiger charge is 2.20. The zero-order valence-electron chi connectivity index (χ0n) is 18.4. The summed E-state index contributed by atoms with van der Waals surface area (Å²) in [5.41, 5.74) is 2.34. The highest BCUT2D eigenvalue weighted by atomic mass is 32.1. The maximum absolute atomic E-state index is 13.0. The van der Waals surface area contributed by atoms with E-state index in [0.717, 1.165) is 55.7 Å². The van der Waals surface area contributed by atoms with E-state index in [9.17, 15) is 4.79 Å². The predicted octanol–water partition coefficient (Wildman–Crippen LogP) is 2.99. The number of hydrogen-bond donors (Lipinski definition) is 1. The van der Waals surface area contributed by atoms with Crippen LogP contribution < -0.4 is 10.2 Å². The molecule has 4 aromatic rings. The molecule has 1 aliphatic rings. The molecule has 4 aromatic heterocycles. The van der Waals surface area contributed by atoms with Crippen molar-refractivity contribution in [1.29, 1.82) is 0 Å². The van der Waals surface area contributed by atoms with E-state index in [0.29, 0.717) is 28.9 Å². The Morgan fingerprint density at radius 3 is 2.76 bits per heavy atom. The maximum atomic E-state index is 13.0. The zero-order valence-corrected chi connectivity index (χ0v) is 19.2. The largest absolute Gasteiger partial charge is 0.352 e. The minimum absolute atomic E-state index is 0.127. The van der Waals surface area contributed by atoms with Crippen molar-refractivity contribution in [3.05, 3.63) is 53.3 Å². The molecule has 0 unspecified atom stereocenters. The minimum atomic E-state index is -0.127. The molecule has 1 amide bonds. The van der Waals surface area contributed by atoms with E-state index in [1.165, 1.54) is 0 Å². The summed E-state index contributed by atoms with van der Waals surface area (Å²) in [6.45, 7) is 7.09. The number of aromatic nitrogens is 4. The van der Waals surface area contributed by atoms with E-state index in [2.05, 4.69) is 35.2 Å². The summed E-state index contributed by atoms with van der Waals surface area (Å²) >= 11 is 1.57. The number of amides is 1. The van der Waals surface area contributed by atoms with Crippen LogP contribution in [0.5, 0.6) is 0 Å². The fourth-order valence-electron chi connectivity index (χ4n) is 4.05. The first-order valence-electron chi connectivity index (χ1n) is 11.0. The molecule has 5 rings (SSSR count). The molecule has 33 heavy (non-hydrogen) atoms. The molecule has 5 heterocycles. The van der Waals surface area contributed by atoms with Crippen LogP contribution in [0, 0.1) is 6.92 Å². The lowest BCUT2D eigenvalue weighted by molar-refractivity contribution is 0.0953. The van der Waals surface area contributed by atoms with Crippen LogP contribution >= 0.6 is 11.3 Å². The third-order valence-corrected chi connectivity index (χ3v) is 6.67. The lowest BCUT2D eigenvalue weighted by Crippen LogP contribution is -2.47. The Balaban J connectivity index is 1.16. The van der Waals surface area contributed by atoms with Gasteiger partial charge in [-0.3, -0.25) is 9.69 Å². The standard InChI is InChI=1S/C23H25N7O2S/c1-16-20-17(15-18(19-5-2-14-33-19)27-22(20)32-28-16)21(31)24-8-4-9-29-10-12-30(13-11-29)23-25-6-3-7-26-23/h2-3,5-7,14-15H,4,8-13H2,1H3,(H,24,31). The van der Waals surface area contributed by atoms with Gasteiger partial charge in [-0.1, -0.05) is 11.2 Å². The summed E-state index contributed by atoms with van der Waals surface area (Å²) in [7, 11) is 0. The fraction of sp³-hybridized carbons (Fsp3) is 0.348. The molecule has 0 radical (unpaired) electrons. The number of hydrogen-bond acceptors (Lipinski definition) is 9. The number of pyridine rings is 1. The molecule has 1 saturated heterocycles. The second kappa shape index (κ2) is 9.63. The van der Waals surface area contributed by atoms with Gasteiger partial charge in [0, 0.05) is 45.1 Å². The maximum Gasteiger partial charge on any atom is 0.259 e. The summed E-state index contributed by atoms with van der Waals surface area (Å²) in [6.07, 6.45) is 4.43. The van der Waals surface area contributed by atoms with Gasteiger partial charge in [0.05, 0.1) is 27.2 Å². The van der Waals surface area contributed by atoms with E-state index >= 15 is 0 Å². The lowest BCUT2D eigenvalue weighted by Gasteiger charge is -2.34. The highest BCUT2D eigenvalue weighted by Crippen LogP contribution is 2.29. The molecule has 1 aliphatic heterocycles. The molecule has 1 N–H and O–H groups in total. The molecule has 170 valence electrons. The zero-order chi connectivity index (χ0) is 22.6. The quantitative estimate of drug-likeness (QED) is 0.418. The number of carbonyl (C=O) groups is 1. The Hall–Kier alpha value is -3.37. The normalized spacial score (nSPS) is 14.6. The van der Waals surface area contributed by atoms with Crippen LogP contribution in [-0.2, 0) is 0 Å². The van der Waals surface area contributed by atoms with Gasteiger partial charge < -0.3 is 14.7 Å².